The van der Waals surface area contributed by atoms with Crippen LogP contribution in [0.2, 0.25) is 0 Å². The fourth-order valence-corrected chi connectivity index (χ4v) is 7.17. The Hall–Kier alpha value is -1.99. The number of halogens is 1. The Morgan fingerprint density at radius 3 is 2.45 bits per heavy atom. The summed E-state index contributed by atoms with van der Waals surface area (Å²) < 4.78 is 13.3. The molecule has 7 heteroatoms. The predicted octanol–water partition coefficient (Wildman–Crippen LogP) is 2.63. The van der Waals surface area contributed by atoms with E-state index in [4.69, 9.17) is 0 Å². The lowest BCUT2D eigenvalue weighted by Gasteiger charge is -2.60. The molecule has 168 valence electrons. The molecule has 1 saturated heterocycles. The van der Waals surface area contributed by atoms with E-state index < -0.39 is 5.60 Å². The number of carbonyl (C=O) groups is 2. The van der Waals surface area contributed by atoms with Gasteiger partial charge in [0, 0.05) is 38.3 Å². The highest BCUT2D eigenvalue weighted by Gasteiger charge is 2.57. The molecule has 5 aliphatic rings. The van der Waals surface area contributed by atoms with Crippen LogP contribution in [0.15, 0.2) is 24.3 Å². The summed E-state index contributed by atoms with van der Waals surface area (Å²) in [6.07, 6.45) is 6.62. The lowest BCUT2D eigenvalue weighted by atomic mass is 9.47. The number of carbonyl (C=O) groups excluding carboxylic acids is 2. The van der Waals surface area contributed by atoms with Crippen molar-refractivity contribution in [3.05, 3.63) is 30.1 Å². The second kappa shape index (κ2) is 7.85. The molecule has 31 heavy (non-hydrogen) atoms. The number of nitrogens with zero attached hydrogens (tertiary/aromatic N) is 2. The van der Waals surface area contributed by atoms with Gasteiger partial charge < -0.3 is 15.3 Å². The van der Waals surface area contributed by atoms with Crippen LogP contribution < -0.4 is 5.32 Å². The molecule has 6 nitrogen and oxygen atoms in total. The fourth-order valence-electron chi connectivity index (χ4n) is 7.17. The Morgan fingerprint density at radius 1 is 1.10 bits per heavy atom. The summed E-state index contributed by atoms with van der Waals surface area (Å²) in [6, 6.07) is 5.88. The van der Waals surface area contributed by atoms with Crippen molar-refractivity contribution < 1.29 is 19.1 Å². The molecule has 4 saturated carbocycles. The van der Waals surface area contributed by atoms with E-state index in [1.54, 1.807) is 12.1 Å². The Labute approximate surface area is 182 Å². The van der Waals surface area contributed by atoms with Gasteiger partial charge in [-0.25, -0.2) is 4.39 Å². The second-order valence-corrected chi connectivity index (χ2v) is 10.6. The largest absolute Gasteiger partial charge is 0.390 e. The van der Waals surface area contributed by atoms with Crippen molar-refractivity contribution >= 4 is 17.5 Å². The average molecular weight is 430 g/mol. The van der Waals surface area contributed by atoms with Crippen LogP contribution >= 0.6 is 0 Å². The van der Waals surface area contributed by atoms with Crippen molar-refractivity contribution in [1.29, 1.82) is 0 Å². The minimum Gasteiger partial charge on any atom is -0.390 e. The van der Waals surface area contributed by atoms with Gasteiger partial charge in [0.15, 0.2) is 0 Å². The molecule has 5 fully saturated rings. The molecule has 1 aromatic rings. The molecule has 1 heterocycles. The highest BCUT2D eigenvalue weighted by molar-refractivity contribution is 5.92. The number of nitrogens with one attached hydrogen (secondary N) is 1. The summed E-state index contributed by atoms with van der Waals surface area (Å²) in [5, 5.41) is 13.7. The second-order valence-electron chi connectivity index (χ2n) is 10.6. The van der Waals surface area contributed by atoms with Gasteiger partial charge in [0.05, 0.1) is 12.1 Å². The van der Waals surface area contributed by atoms with Crippen LogP contribution in [0, 0.1) is 23.1 Å². The van der Waals surface area contributed by atoms with E-state index in [2.05, 4.69) is 5.32 Å². The van der Waals surface area contributed by atoms with E-state index in [0.29, 0.717) is 50.1 Å². The van der Waals surface area contributed by atoms with Gasteiger partial charge in [0.2, 0.25) is 11.8 Å². The number of aliphatic hydroxyl groups is 1. The van der Waals surface area contributed by atoms with Gasteiger partial charge in [-0.05, 0) is 74.0 Å². The lowest BCUT2D eigenvalue weighted by molar-refractivity contribution is -0.172. The Morgan fingerprint density at radius 2 is 1.81 bits per heavy atom. The quantitative estimate of drug-likeness (QED) is 0.755. The Bertz CT molecular complexity index is 853. The summed E-state index contributed by atoms with van der Waals surface area (Å²) in [6.45, 7) is 2.80. The third-order valence-corrected chi connectivity index (χ3v) is 7.88. The number of piperazine rings is 1. The summed E-state index contributed by atoms with van der Waals surface area (Å²) in [4.78, 5) is 29.3. The van der Waals surface area contributed by atoms with Crippen LogP contribution in [0.5, 0.6) is 0 Å². The first-order chi connectivity index (χ1) is 14.8. The molecule has 4 aliphatic carbocycles. The molecule has 0 aromatic heterocycles. The van der Waals surface area contributed by atoms with Crippen LogP contribution in [0.1, 0.15) is 44.9 Å². The van der Waals surface area contributed by atoms with Gasteiger partial charge in [-0.2, -0.15) is 0 Å². The van der Waals surface area contributed by atoms with Crippen LogP contribution in [0.4, 0.5) is 10.1 Å². The number of anilines is 1. The monoisotopic (exact) mass is 429 g/mol. The van der Waals surface area contributed by atoms with Gasteiger partial charge in [0.25, 0.3) is 0 Å². The number of amides is 2. The third-order valence-electron chi connectivity index (χ3n) is 7.88. The number of rotatable bonds is 5. The SMILES string of the molecule is O=C(CN1CCN(C(=O)CC23C[C@@H]4C[C@@H](CC(O)(C4)C2)C3)CC1)Nc1cccc(F)c1. The molecule has 2 N–H and O–H groups in total. The molecular weight excluding hydrogens is 397 g/mol. The summed E-state index contributed by atoms with van der Waals surface area (Å²) in [5.74, 6) is 0.831. The highest BCUT2D eigenvalue weighted by atomic mass is 19.1. The van der Waals surface area contributed by atoms with Crippen molar-refractivity contribution in [2.45, 2.75) is 50.5 Å². The van der Waals surface area contributed by atoms with E-state index in [1.165, 1.54) is 18.6 Å². The van der Waals surface area contributed by atoms with Crippen molar-refractivity contribution in [3.63, 3.8) is 0 Å². The first kappa shape index (κ1) is 20.9. The molecule has 4 atom stereocenters. The average Bonchev–Trinajstić information content (AvgIpc) is 2.66. The van der Waals surface area contributed by atoms with E-state index in [1.807, 2.05) is 9.80 Å². The molecule has 0 spiro atoms. The Kier molecular flexibility index (Phi) is 5.29. The molecule has 6 rings (SSSR count). The molecule has 1 aromatic carbocycles. The van der Waals surface area contributed by atoms with Crippen molar-refractivity contribution in [1.82, 2.24) is 9.80 Å². The van der Waals surface area contributed by atoms with E-state index in [0.717, 1.165) is 32.1 Å². The minimum absolute atomic E-state index is 0.00209. The smallest absolute Gasteiger partial charge is 0.238 e. The molecule has 1 aliphatic heterocycles. The number of hydrogen-bond donors (Lipinski definition) is 2. The van der Waals surface area contributed by atoms with E-state index >= 15 is 0 Å². The van der Waals surface area contributed by atoms with Gasteiger partial charge in [-0.3, -0.25) is 14.5 Å². The summed E-state index contributed by atoms with van der Waals surface area (Å²) >= 11 is 0. The van der Waals surface area contributed by atoms with Gasteiger partial charge in [0.1, 0.15) is 5.82 Å². The predicted molar refractivity (Wildman–Crippen MR) is 115 cm³/mol. The minimum atomic E-state index is -0.530. The molecular formula is C24H32FN3O3. The van der Waals surface area contributed by atoms with Crippen LogP contribution in [0.3, 0.4) is 0 Å². The molecule has 0 radical (unpaired) electrons. The van der Waals surface area contributed by atoms with Crippen LogP contribution in [-0.4, -0.2) is 65.0 Å². The molecule has 2 amide bonds. The number of hydrogen-bond acceptors (Lipinski definition) is 4. The highest BCUT2D eigenvalue weighted by Crippen LogP contribution is 2.62. The van der Waals surface area contributed by atoms with E-state index in [9.17, 15) is 19.1 Å². The van der Waals surface area contributed by atoms with Gasteiger partial charge in [-0.1, -0.05) is 6.07 Å². The zero-order chi connectivity index (χ0) is 21.6. The lowest BCUT2D eigenvalue weighted by Crippen LogP contribution is -2.57. The zero-order valence-corrected chi connectivity index (χ0v) is 18.0. The molecule has 2 unspecified atom stereocenters. The van der Waals surface area contributed by atoms with Crippen molar-refractivity contribution in [2.24, 2.45) is 17.3 Å². The topological polar surface area (TPSA) is 72.9 Å². The maximum Gasteiger partial charge on any atom is 0.238 e. The van der Waals surface area contributed by atoms with Crippen molar-refractivity contribution in [3.8, 4) is 0 Å². The molecule has 4 bridgehead atoms. The summed E-state index contributed by atoms with van der Waals surface area (Å²) in [5.41, 5.74) is -0.0771. The fraction of sp³-hybridized carbons (Fsp3) is 0.667. The van der Waals surface area contributed by atoms with Crippen molar-refractivity contribution in [2.75, 3.05) is 38.0 Å². The van der Waals surface area contributed by atoms with Gasteiger partial charge >= 0.3 is 0 Å². The van der Waals surface area contributed by atoms with Crippen LogP contribution in [-0.2, 0) is 9.59 Å². The zero-order valence-electron chi connectivity index (χ0n) is 18.0. The normalized spacial score (nSPS) is 34.7. The maximum atomic E-state index is 13.3. The number of benzene rings is 1. The van der Waals surface area contributed by atoms with Gasteiger partial charge in [-0.15, -0.1) is 0 Å². The summed E-state index contributed by atoms with van der Waals surface area (Å²) in [7, 11) is 0. The Balaban J connectivity index is 1.11. The first-order valence-electron chi connectivity index (χ1n) is 11.6. The standard InChI is InChI=1S/C24H32FN3O3/c25-19-2-1-3-20(9-19)26-21(29)15-27-4-6-28(7-5-27)22(30)14-23-10-17-8-18(11-23)13-24(31,12-17)16-23/h1-3,9,17-18,31H,4-8,10-16H2,(H,26,29)/t17-,18+,23?,24?. The van der Waals surface area contributed by atoms with E-state index in [-0.39, 0.29) is 29.6 Å². The maximum absolute atomic E-state index is 13.3. The third kappa shape index (κ3) is 4.48. The van der Waals surface area contributed by atoms with Crippen LogP contribution in [0.25, 0.3) is 0 Å². The first-order valence-corrected chi connectivity index (χ1v) is 11.6.